The monoisotopic (exact) mass is 285 g/mol. The van der Waals surface area contributed by atoms with Gasteiger partial charge in [0, 0.05) is 23.7 Å². The van der Waals surface area contributed by atoms with Gasteiger partial charge in [-0.25, -0.2) is 0 Å². The Labute approximate surface area is 126 Å². The van der Waals surface area contributed by atoms with Gasteiger partial charge in [-0.15, -0.1) is 0 Å². The van der Waals surface area contributed by atoms with Crippen LogP contribution in [0.5, 0.6) is 5.75 Å². The standard InChI is InChI=1S/C18H23NO2/c1-12-6-8-15(9-7-12)18(4,20)10-16-14(3)17(21-5)13(2)11-19-16/h6-9,11,20H,10H2,1-5H3. The molecule has 112 valence electrons. The van der Waals surface area contributed by atoms with Crippen molar-refractivity contribution in [2.45, 2.75) is 39.7 Å². The molecule has 1 N–H and O–H groups in total. The lowest BCUT2D eigenvalue weighted by atomic mass is 9.89. The predicted octanol–water partition coefficient (Wildman–Crippen LogP) is 3.47. The number of hydrogen-bond donors (Lipinski definition) is 1. The summed E-state index contributed by atoms with van der Waals surface area (Å²) in [6, 6.07) is 7.96. The molecule has 0 fully saturated rings. The summed E-state index contributed by atoms with van der Waals surface area (Å²) in [6.45, 7) is 7.82. The minimum atomic E-state index is -0.953. The summed E-state index contributed by atoms with van der Waals surface area (Å²) >= 11 is 0. The third-order valence-corrected chi connectivity index (χ3v) is 3.93. The van der Waals surface area contributed by atoms with Crippen molar-refractivity contribution in [2.24, 2.45) is 0 Å². The summed E-state index contributed by atoms with van der Waals surface area (Å²) in [7, 11) is 1.66. The highest BCUT2D eigenvalue weighted by Gasteiger charge is 2.26. The van der Waals surface area contributed by atoms with Crippen LogP contribution in [0.1, 0.15) is 34.9 Å². The van der Waals surface area contributed by atoms with E-state index in [1.807, 2.05) is 52.0 Å². The highest BCUT2D eigenvalue weighted by molar-refractivity contribution is 5.42. The van der Waals surface area contributed by atoms with Gasteiger partial charge < -0.3 is 9.84 Å². The van der Waals surface area contributed by atoms with Gasteiger partial charge >= 0.3 is 0 Å². The molecular weight excluding hydrogens is 262 g/mol. The molecule has 21 heavy (non-hydrogen) atoms. The van der Waals surface area contributed by atoms with E-state index < -0.39 is 5.60 Å². The number of hydrogen-bond acceptors (Lipinski definition) is 3. The summed E-state index contributed by atoms with van der Waals surface area (Å²) in [5.74, 6) is 0.847. The SMILES string of the molecule is COc1c(C)cnc(CC(C)(O)c2ccc(C)cc2)c1C. The fraction of sp³-hybridized carbons (Fsp3) is 0.389. The first-order chi connectivity index (χ1) is 9.85. The van der Waals surface area contributed by atoms with Gasteiger partial charge in [-0.3, -0.25) is 4.98 Å². The molecule has 3 heteroatoms. The first-order valence-corrected chi connectivity index (χ1v) is 7.13. The predicted molar refractivity (Wildman–Crippen MR) is 84.7 cm³/mol. The van der Waals surface area contributed by atoms with Crippen LogP contribution < -0.4 is 4.74 Å². The average Bonchev–Trinajstić information content (AvgIpc) is 2.43. The molecule has 0 spiro atoms. The first kappa shape index (κ1) is 15.5. The minimum Gasteiger partial charge on any atom is -0.496 e. The Morgan fingerprint density at radius 2 is 1.76 bits per heavy atom. The van der Waals surface area contributed by atoms with Gasteiger partial charge in [-0.05, 0) is 33.3 Å². The third kappa shape index (κ3) is 3.24. The number of aryl methyl sites for hydroxylation is 2. The summed E-state index contributed by atoms with van der Waals surface area (Å²) < 4.78 is 5.43. The summed E-state index contributed by atoms with van der Waals surface area (Å²) in [5.41, 5.74) is 3.99. The molecule has 1 heterocycles. The van der Waals surface area contributed by atoms with Crippen LogP contribution in [-0.4, -0.2) is 17.2 Å². The van der Waals surface area contributed by atoms with Crippen molar-refractivity contribution >= 4 is 0 Å². The largest absolute Gasteiger partial charge is 0.496 e. The third-order valence-electron chi connectivity index (χ3n) is 3.93. The highest BCUT2D eigenvalue weighted by Crippen LogP contribution is 2.30. The molecule has 2 rings (SSSR count). The second-order valence-corrected chi connectivity index (χ2v) is 5.86. The van der Waals surface area contributed by atoms with Crippen LogP contribution in [0, 0.1) is 20.8 Å². The molecule has 3 nitrogen and oxygen atoms in total. The van der Waals surface area contributed by atoms with Crippen molar-refractivity contribution in [3.05, 3.63) is 58.4 Å². The van der Waals surface area contributed by atoms with Gasteiger partial charge in [0.1, 0.15) is 5.75 Å². The molecule has 0 radical (unpaired) electrons. The van der Waals surface area contributed by atoms with E-state index >= 15 is 0 Å². The molecule has 1 unspecified atom stereocenters. The Morgan fingerprint density at radius 3 is 2.33 bits per heavy atom. The lowest BCUT2D eigenvalue weighted by molar-refractivity contribution is 0.0563. The number of methoxy groups -OCH3 is 1. The number of ether oxygens (including phenoxy) is 1. The fourth-order valence-electron chi connectivity index (χ4n) is 2.59. The van der Waals surface area contributed by atoms with Crippen LogP contribution in [0.3, 0.4) is 0 Å². The second kappa shape index (κ2) is 5.86. The van der Waals surface area contributed by atoms with E-state index in [-0.39, 0.29) is 0 Å². The second-order valence-electron chi connectivity index (χ2n) is 5.86. The molecule has 1 aromatic carbocycles. The molecule has 0 aliphatic carbocycles. The molecule has 0 saturated carbocycles. The number of aliphatic hydroxyl groups is 1. The van der Waals surface area contributed by atoms with E-state index in [2.05, 4.69) is 4.98 Å². The summed E-state index contributed by atoms with van der Waals surface area (Å²) in [4.78, 5) is 4.47. The number of aromatic nitrogens is 1. The van der Waals surface area contributed by atoms with E-state index in [0.29, 0.717) is 6.42 Å². The summed E-state index contributed by atoms with van der Waals surface area (Å²) in [6.07, 6.45) is 2.25. The molecule has 1 aromatic heterocycles. The fourth-order valence-corrected chi connectivity index (χ4v) is 2.59. The van der Waals surface area contributed by atoms with Crippen molar-refractivity contribution in [3.63, 3.8) is 0 Å². The van der Waals surface area contributed by atoms with Crippen LogP contribution >= 0.6 is 0 Å². The quantitative estimate of drug-likeness (QED) is 0.935. The Hall–Kier alpha value is -1.87. The van der Waals surface area contributed by atoms with E-state index in [9.17, 15) is 5.11 Å². The van der Waals surface area contributed by atoms with Gasteiger partial charge in [0.25, 0.3) is 0 Å². The zero-order valence-corrected chi connectivity index (χ0v) is 13.4. The lowest BCUT2D eigenvalue weighted by Crippen LogP contribution is -2.25. The zero-order chi connectivity index (χ0) is 15.6. The van der Waals surface area contributed by atoms with Crippen LogP contribution in [0.4, 0.5) is 0 Å². The van der Waals surface area contributed by atoms with E-state index in [1.165, 1.54) is 5.56 Å². The number of rotatable bonds is 4. The van der Waals surface area contributed by atoms with Crippen molar-refractivity contribution in [1.82, 2.24) is 4.98 Å². The zero-order valence-electron chi connectivity index (χ0n) is 13.4. The Kier molecular flexibility index (Phi) is 4.33. The van der Waals surface area contributed by atoms with E-state index in [0.717, 1.165) is 28.1 Å². The summed E-state index contributed by atoms with van der Waals surface area (Å²) in [5, 5.41) is 10.8. The van der Waals surface area contributed by atoms with E-state index in [4.69, 9.17) is 4.74 Å². The number of pyridine rings is 1. The normalized spacial score (nSPS) is 13.8. The maximum absolute atomic E-state index is 10.8. The van der Waals surface area contributed by atoms with Gasteiger partial charge in [-0.1, -0.05) is 29.8 Å². The van der Waals surface area contributed by atoms with Gasteiger partial charge in [0.05, 0.1) is 18.4 Å². The molecule has 2 aromatic rings. The Bertz CT molecular complexity index is 630. The van der Waals surface area contributed by atoms with Crippen molar-refractivity contribution in [3.8, 4) is 5.75 Å². The van der Waals surface area contributed by atoms with Crippen LogP contribution in [0.25, 0.3) is 0 Å². The highest BCUT2D eigenvalue weighted by atomic mass is 16.5. The minimum absolute atomic E-state index is 0.457. The smallest absolute Gasteiger partial charge is 0.128 e. The molecule has 0 bridgehead atoms. The first-order valence-electron chi connectivity index (χ1n) is 7.13. The van der Waals surface area contributed by atoms with Crippen LogP contribution in [-0.2, 0) is 12.0 Å². The van der Waals surface area contributed by atoms with Gasteiger partial charge in [0.15, 0.2) is 0 Å². The molecule has 0 amide bonds. The van der Waals surface area contributed by atoms with E-state index in [1.54, 1.807) is 13.3 Å². The van der Waals surface area contributed by atoms with Crippen molar-refractivity contribution < 1.29 is 9.84 Å². The Balaban J connectivity index is 2.34. The van der Waals surface area contributed by atoms with Gasteiger partial charge in [-0.2, -0.15) is 0 Å². The molecule has 1 atom stereocenters. The lowest BCUT2D eigenvalue weighted by Gasteiger charge is -2.25. The van der Waals surface area contributed by atoms with Crippen molar-refractivity contribution in [2.75, 3.05) is 7.11 Å². The maximum atomic E-state index is 10.8. The number of benzene rings is 1. The molecule has 0 saturated heterocycles. The molecule has 0 aliphatic rings. The van der Waals surface area contributed by atoms with Crippen molar-refractivity contribution in [1.29, 1.82) is 0 Å². The average molecular weight is 285 g/mol. The Morgan fingerprint density at radius 1 is 1.14 bits per heavy atom. The molecule has 0 aliphatic heterocycles. The van der Waals surface area contributed by atoms with Crippen LogP contribution in [0.2, 0.25) is 0 Å². The molecular formula is C18H23NO2. The van der Waals surface area contributed by atoms with Crippen LogP contribution in [0.15, 0.2) is 30.5 Å². The van der Waals surface area contributed by atoms with Gasteiger partial charge in [0.2, 0.25) is 0 Å². The number of nitrogens with zero attached hydrogens (tertiary/aromatic N) is 1. The maximum Gasteiger partial charge on any atom is 0.128 e. The topological polar surface area (TPSA) is 42.4 Å².